The predicted molar refractivity (Wildman–Crippen MR) is 87.3 cm³/mol. The summed E-state index contributed by atoms with van der Waals surface area (Å²) >= 11 is 5.55. The van der Waals surface area contributed by atoms with Crippen LogP contribution < -0.4 is 0 Å². The number of imidazole rings is 1. The number of nitrogens with one attached hydrogen (secondary N) is 1. The molecular formula is C17H18N2S. The fraction of sp³-hybridized carbons (Fsp3) is 0.235. The van der Waals surface area contributed by atoms with Crippen molar-refractivity contribution in [3.05, 3.63) is 58.4 Å². The zero-order valence-electron chi connectivity index (χ0n) is 12.0. The van der Waals surface area contributed by atoms with Gasteiger partial charge in [-0.3, -0.25) is 4.57 Å². The number of rotatable bonds is 2. The molecule has 2 aromatic carbocycles. The number of para-hydroxylation sites is 2. The SMILES string of the molecule is Cc1cccc2[nH]c(=S)n(-c3ccccc3C(C)C)c12. The number of H-pyrrole nitrogens is 1. The van der Waals surface area contributed by atoms with E-state index >= 15 is 0 Å². The van der Waals surface area contributed by atoms with Crippen molar-refractivity contribution in [1.82, 2.24) is 9.55 Å². The fourth-order valence-electron chi connectivity index (χ4n) is 2.74. The average Bonchev–Trinajstić information content (AvgIpc) is 2.76. The van der Waals surface area contributed by atoms with Crippen molar-refractivity contribution in [1.29, 1.82) is 0 Å². The molecule has 0 aliphatic heterocycles. The fourth-order valence-corrected chi connectivity index (χ4v) is 3.04. The number of aromatic nitrogens is 2. The first kappa shape index (κ1) is 13.1. The van der Waals surface area contributed by atoms with Gasteiger partial charge in [-0.2, -0.15) is 0 Å². The number of hydrogen-bond acceptors (Lipinski definition) is 1. The molecular weight excluding hydrogens is 264 g/mol. The number of aryl methyl sites for hydroxylation is 1. The average molecular weight is 282 g/mol. The van der Waals surface area contributed by atoms with Crippen molar-refractivity contribution in [2.24, 2.45) is 0 Å². The maximum atomic E-state index is 5.55. The van der Waals surface area contributed by atoms with Gasteiger partial charge in [0.1, 0.15) is 0 Å². The highest BCUT2D eigenvalue weighted by atomic mass is 32.1. The van der Waals surface area contributed by atoms with Crippen LogP contribution >= 0.6 is 12.2 Å². The van der Waals surface area contributed by atoms with Gasteiger partial charge in [-0.25, -0.2) is 0 Å². The molecule has 0 saturated heterocycles. The van der Waals surface area contributed by atoms with E-state index in [1.807, 2.05) is 0 Å². The number of fused-ring (bicyclic) bond motifs is 1. The molecule has 0 fully saturated rings. The summed E-state index contributed by atoms with van der Waals surface area (Å²) < 4.78 is 2.91. The Morgan fingerprint density at radius 1 is 1.05 bits per heavy atom. The molecule has 1 aromatic heterocycles. The van der Waals surface area contributed by atoms with Crippen LogP contribution in [0.2, 0.25) is 0 Å². The smallest absolute Gasteiger partial charge is 0.182 e. The van der Waals surface area contributed by atoms with Crippen LogP contribution in [-0.2, 0) is 0 Å². The highest BCUT2D eigenvalue weighted by Gasteiger charge is 2.13. The zero-order valence-corrected chi connectivity index (χ0v) is 12.8. The lowest BCUT2D eigenvalue weighted by Gasteiger charge is -2.14. The van der Waals surface area contributed by atoms with E-state index < -0.39 is 0 Å². The highest BCUT2D eigenvalue weighted by Crippen LogP contribution is 2.28. The minimum atomic E-state index is 0.460. The first-order valence-corrected chi connectivity index (χ1v) is 7.30. The molecule has 3 rings (SSSR count). The summed E-state index contributed by atoms with van der Waals surface area (Å²) in [6, 6.07) is 14.7. The Bertz CT molecular complexity index is 824. The molecule has 0 amide bonds. The zero-order chi connectivity index (χ0) is 14.3. The Morgan fingerprint density at radius 3 is 2.55 bits per heavy atom. The van der Waals surface area contributed by atoms with Crippen molar-refractivity contribution < 1.29 is 0 Å². The Morgan fingerprint density at radius 2 is 1.80 bits per heavy atom. The Labute approximate surface area is 124 Å². The normalized spacial score (nSPS) is 11.4. The first-order valence-electron chi connectivity index (χ1n) is 6.89. The number of hydrogen-bond donors (Lipinski definition) is 1. The molecule has 3 aromatic rings. The summed E-state index contributed by atoms with van der Waals surface area (Å²) in [6.07, 6.45) is 0. The second-order valence-corrected chi connectivity index (χ2v) is 5.84. The molecule has 3 heteroatoms. The summed E-state index contributed by atoms with van der Waals surface area (Å²) in [5, 5.41) is 0. The van der Waals surface area contributed by atoms with Crippen LogP contribution in [0.4, 0.5) is 0 Å². The van der Waals surface area contributed by atoms with Gasteiger partial charge in [0.15, 0.2) is 4.77 Å². The lowest BCUT2D eigenvalue weighted by atomic mass is 10.0. The monoisotopic (exact) mass is 282 g/mol. The van der Waals surface area contributed by atoms with Gasteiger partial charge in [0.2, 0.25) is 0 Å². The van der Waals surface area contributed by atoms with Crippen LogP contribution in [0, 0.1) is 11.7 Å². The van der Waals surface area contributed by atoms with Crippen LogP contribution in [0.15, 0.2) is 42.5 Å². The van der Waals surface area contributed by atoms with E-state index in [1.165, 1.54) is 22.3 Å². The van der Waals surface area contributed by atoms with Crippen molar-refractivity contribution in [2.45, 2.75) is 26.7 Å². The third-order valence-electron chi connectivity index (χ3n) is 3.71. The maximum absolute atomic E-state index is 5.55. The Hall–Kier alpha value is -1.87. The second-order valence-electron chi connectivity index (χ2n) is 5.45. The molecule has 0 spiro atoms. The second kappa shape index (κ2) is 4.91. The quantitative estimate of drug-likeness (QED) is 0.647. The Balaban J connectivity index is 2.42. The minimum Gasteiger partial charge on any atom is -0.330 e. The molecule has 1 heterocycles. The van der Waals surface area contributed by atoms with Crippen molar-refractivity contribution in [2.75, 3.05) is 0 Å². The van der Waals surface area contributed by atoms with Gasteiger partial charge in [0.05, 0.1) is 16.7 Å². The number of nitrogens with zero attached hydrogens (tertiary/aromatic N) is 1. The van der Waals surface area contributed by atoms with Crippen LogP contribution in [-0.4, -0.2) is 9.55 Å². The maximum Gasteiger partial charge on any atom is 0.182 e. The lowest BCUT2D eigenvalue weighted by Crippen LogP contribution is -2.01. The number of aromatic amines is 1. The topological polar surface area (TPSA) is 20.7 Å². The third kappa shape index (κ3) is 1.98. The van der Waals surface area contributed by atoms with E-state index in [9.17, 15) is 0 Å². The molecule has 0 atom stereocenters. The molecule has 0 unspecified atom stereocenters. The van der Waals surface area contributed by atoms with Gasteiger partial charge in [0.25, 0.3) is 0 Å². The first-order chi connectivity index (χ1) is 9.59. The van der Waals surface area contributed by atoms with Gasteiger partial charge in [-0.1, -0.05) is 44.2 Å². The van der Waals surface area contributed by atoms with E-state index in [0.29, 0.717) is 5.92 Å². The molecule has 0 aliphatic carbocycles. The molecule has 0 saturated carbocycles. The predicted octanol–water partition coefficient (Wildman–Crippen LogP) is 5.12. The van der Waals surface area contributed by atoms with Crippen LogP contribution in [0.25, 0.3) is 16.7 Å². The number of benzene rings is 2. The summed E-state index contributed by atoms with van der Waals surface area (Å²) in [7, 11) is 0. The summed E-state index contributed by atoms with van der Waals surface area (Å²) in [5.74, 6) is 0.460. The molecule has 0 radical (unpaired) electrons. The third-order valence-corrected chi connectivity index (χ3v) is 3.99. The van der Waals surface area contributed by atoms with E-state index in [4.69, 9.17) is 12.2 Å². The van der Waals surface area contributed by atoms with Crippen LogP contribution in [0.3, 0.4) is 0 Å². The minimum absolute atomic E-state index is 0.460. The molecule has 0 bridgehead atoms. The van der Waals surface area contributed by atoms with Crippen molar-refractivity contribution in [3.63, 3.8) is 0 Å². The van der Waals surface area contributed by atoms with Gasteiger partial charge in [-0.05, 0) is 48.3 Å². The summed E-state index contributed by atoms with van der Waals surface area (Å²) in [4.78, 5) is 3.31. The largest absolute Gasteiger partial charge is 0.330 e. The van der Waals surface area contributed by atoms with Crippen LogP contribution in [0.5, 0.6) is 0 Å². The van der Waals surface area contributed by atoms with Crippen molar-refractivity contribution in [3.8, 4) is 5.69 Å². The Kier molecular flexibility index (Phi) is 3.22. The van der Waals surface area contributed by atoms with Crippen LogP contribution in [0.1, 0.15) is 30.9 Å². The van der Waals surface area contributed by atoms with Gasteiger partial charge >= 0.3 is 0 Å². The van der Waals surface area contributed by atoms with Gasteiger partial charge in [0, 0.05) is 0 Å². The molecule has 102 valence electrons. The van der Waals surface area contributed by atoms with E-state index in [0.717, 1.165) is 10.3 Å². The van der Waals surface area contributed by atoms with E-state index in [-0.39, 0.29) is 0 Å². The lowest BCUT2D eigenvalue weighted by molar-refractivity contribution is 0.847. The summed E-state index contributed by atoms with van der Waals surface area (Å²) in [5.41, 5.74) is 5.98. The van der Waals surface area contributed by atoms with E-state index in [2.05, 4.69) is 72.8 Å². The van der Waals surface area contributed by atoms with Crippen molar-refractivity contribution >= 4 is 23.3 Å². The van der Waals surface area contributed by atoms with Gasteiger partial charge in [-0.15, -0.1) is 0 Å². The van der Waals surface area contributed by atoms with E-state index in [1.54, 1.807) is 0 Å². The van der Waals surface area contributed by atoms with Gasteiger partial charge < -0.3 is 4.98 Å². The summed E-state index contributed by atoms with van der Waals surface area (Å²) in [6.45, 7) is 6.55. The highest BCUT2D eigenvalue weighted by molar-refractivity contribution is 7.71. The molecule has 1 N–H and O–H groups in total. The molecule has 0 aliphatic rings. The standard InChI is InChI=1S/C17H18N2S/c1-11(2)13-8-4-5-10-15(13)19-16-12(3)7-6-9-14(16)18-17(19)20/h4-11H,1-3H3,(H,18,20). The molecule has 20 heavy (non-hydrogen) atoms. The molecule has 2 nitrogen and oxygen atoms in total.